The van der Waals surface area contributed by atoms with Gasteiger partial charge < -0.3 is 0 Å². The minimum absolute atomic E-state index is 0.0330. The predicted molar refractivity (Wildman–Crippen MR) is 141 cm³/mol. The molecule has 36 heavy (non-hydrogen) atoms. The summed E-state index contributed by atoms with van der Waals surface area (Å²) in [6.07, 6.45) is 12.4. The molecular formula is C30H16N4O2. The van der Waals surface area contributed by atoms with Gasteiger partial charge in [-0.1, -0.05) is 48.6 Å². The molecule has 168 valence electrons. The average Bonchev–Trinajstić information content (AvgIpc) is 3.34. The van der Waals surface area contributed by atoms with Crippen LogP contribution in [0.1, 0.15) is 0 Å². The Bertz CT molecular complexity index is 2260. The molecule has 0 saturated carbocycles. The molecule has 0 bridgehead atoms. The lowest BCUT2D eigenvalue weighted by molar-refractivity contribution is 0.580. The molecular weight excluding hydrogens is 448 g/mol. The van der Waals surface area contributed by atoms with E-state index in [0.717, 1.165) is 44.0 Å². The maximum Gasteiger partial charge on any atom is 0.264 e. The van der Waals surface area contributed by atoms with Crippen LogP contribution in [0.3, 0.4) is 0 Å². The summed E-state index contributed by atoms with van der Waals surface area (Å²) < 4.78 is 3.42. The van der Waals surface area contributed by atoms with Crippen LogP contribution in [0.25, 0.3) is 54.9 Å². The van der Waals surface area contributed by atoms with Crippen LogP contribution in [0.2, 0.25) is 0 Å². The maximum atomic E-state index is 13.7. The Labute approximate surface area is 202 Å². The van der Waals surface area contributed by atoms with Crippen LogP contribution >= 0.6 is 0 Å². The van der Waals surface area contributed by atoms with E-state index in [4.69, 9.17) is 9.98 Å². The molecule has 0 N–H and O–H groups in total. The molecule has 4 aromatic rings. The lowest BCUT2D eigenvalue weighted by atomic mass is 9.80. The number of nitrogens with zero attached hydrogens (tertiary/aromatic N) is 4. The SMILES string of the molecule is O=c1c2cc3c(=O)n4c5cccc6cccc(nc-4c3cc2c2n1C1=CC=CC3C=CC=C(N=2)C13)c65. The van der Waals surface area contributed by atoms with E-state index in [0.29, 0.717) is 22.1 Å². The summed E-state index contributed by atoms with van der Waals surface area (Å²) in [6.45, 7) is 0. The Morgan fingerprint density at radius 2 is 1.53 bits per heavy atom. The van der Waals surface area contributed by atoms with Crippen LogP contribution < -0.4 is 16.6 Å². The lowest BCUT2D eigenvalue weighted by Gasteiger charge is -2.32. The average molecular weight is 464 g/mol. The molecule has 3 aliphatic heterocycles. The second kappa shape index (κ2) is 6.04. The first-order valence-electron chi connectivity index (χ1n) is 12.0. The van der Waals surface area contributed by atoms with E-state index in [-0.39, 0.29) is 23.0 Å². The summed E-state index contributed by atoms with van der Waals surface area (Å²) in [5.74, 6) is 0.820. The number of fused-ring (bicyclic) bond motifs is 8. The van der Waals surface area contributed by atoms with E-state index in [1.807, 2.05) is 66.8 Å². The van der Waals surface area contributed by atoms with E-state index >= 15 is 0 Å². The molecule has 6 nitrogen and oxygen atoms in total. The van der Waals surface area contributed by atoms with Gasteiger partial charge in [-0.25, -0.2) is 9.98 Å². The quantitative estimate of drug-likeness (QED) is 0.336. The molecule has 0 radical (unpaired) electrons. The minimum Gasteiger partial charge on any atom is -0.268 e. The summed E-state index contributed by atoms with van der Waals surface area (Å²) in [7, 11) is 0. The molecule has 0 spiro atoms. The van der Waals surface area contributed by atoms with Crippen molar-refractivity contribution in [2.24, 2.45) is 16.8 Å². The molecule has 0 amide bonds. The second-order valence-corrected chi connectivity index (χ2v) is 9.76. The van der Waals surface area contributed by atoms with Crippen LogP contribution in [0.5, 0.6) is 0 Å². The van der Waals surface area contributed by atoms with Crippen molar-refractivity contribution in [1.29, 1.82) is 0 Å². The zero-order valence-corrected chi connectivity index (χ0v) is 18.8. The molecule has 3 aromatic carbocycles. The van der Waals surface area contributed by atoms with Gasteiger partial charge in [-0.3, -0.25) is 18.7 Å². The van der Waals surface area contributed by atoms with Crippen molar-refractivity contribution >= 4 is 49.0 Å². The first-order valence-corrected chi connectivity index (χ1v) is 12.0. The summed E-state index contributed by atoms with van der Waals surface area (Å²) in [6, 6.07) is 15.6. The third-order valence-corrected chi connectivity index (χ3v) is 7.97. The van der Waals surface area contributed by atoms with Crippen molar-refractivity contribution in [2.75, 3.05) is 0 Å². The molecule has 2 atom stereocenters. The van der Waals surface area contributed by atoms with Gasteiger partial charge in [0.1, 0.15) is 11.3 Å². The summed E-state index contributed by atoms with van der Waals surface area (Å²) in [4.78, 5) is 37.4. The molecule has 0 saturated heterocycles. The number of rotatable bonds is 0. The van der Waals surface area contributed by atoms with Crippen LogP contribution in [-0.2, 0) is 0 Å². The number of allylic oxidation sites excluding steroid dienone is 7. The Morgan fingerprint density at radius 3 is 2.42 bits per heavy atom. The van der Waals surface area contributed by atoms with Gasteiger partial charge >= 0.3 is 0 Å². The van der Waals surface area contributed by atoms with Gasteiger partial charge in [-0.05, 0) is 41.8 Å². The Morgan fingerprint density at radius 1 is 0.778 bits per heavy atom. The molecule has 2 unspecified atom stereocenters. The van der Waals surface area contributed by atoms with Crippen LogP contribution in [0.4, 0.5) is 0 Å². The molecule has 2 aliphatic carbocycles. The highest BCUT2D eigenvalue weighted by Gasteiger charge is 2.35. The van der Waals surface area contributed by atoms with Crippen LogP contribution in [0, 0.1) is 11.8 Å². The molecule has 0 fully saturated rings. The van der Waals surface area contributed by atoms with Crippen molar-refractivity contribution < 1.29 is 0 Å². The molecule has 4 heterocycles. The summed E-state index contributed by atoms with van der Waals surface area (Å²) in [5.41, 5.74) is 3.90. The number of benzene rings is 3. The zero-order chi connectivity index (χ0) is 23.7. The predicted octanol–water partition coefficient (Wildman–Crippen LogP) is 4.33. The maximum absolute atomic E-state index is 13.7. The fourth-order valence-electron chi connectivity index (χ4n) is 6.42. The van der Waals surface area contributed by atoms with Gasteiger partial charge in [0.15, 0.2) is 0 Å². The highest BCUT2D eigenvalue weighted by Crippen LogP contribution is 2.40. The van der Waals surface area contributed by atoms with Crippen molar-refractivity contribution in [3.05, 3.63) is 117 Å². The van der Waals surface area contributed by atoms with Gasteiger partial charge in [0.2, 0.25) is 0 Å². The standard InChI is InChI=1S/C30H16N4O2/c35-29-19-14-20-18(28-32-22-10-2-6-16-8-4-12-24(26(16)22)34(28)30(20)36)13-17(19)27-31-21-9-1-5-15-7-3-11-23(25(15)21)33(27)29/h1-15,25H. The van der Waals surface area contributed by atoms with Crippen molar-refractivity contribution in [3.8, 4) is 5.82 Å². The Kier molecular flexibility index (Phi) is 3.10. The van der Waals surface area contributed by atoms with Gasteiger partial charge in [0.25, 0.3) is 11.1 Å². The lowest BCUT2D eigenvalue weighted by Crippen LogP contribution is -2.37. The highest BCUT2D eigenvalue weighted by molar-refractivity contribution is 6.11. The van der Waals surface area contributed by atoms with Crippen LogP contribution in [-0.4, -0.2) is 14.1 Å². The van der Waals surface area contributed by atoms with E-state index in [1.165, 1.54) is 0 Å². The molecule has 5 aliphatic rings. The van der Waals surface area contributed by atoms with E-state index in [2.05, 4.69) is 12.2 Å². The van der Waals surface area contributed by atoms with Crippen molar-refractivity contribution in [2.45, 2.75) is 0 Å². The molecule has 6 heteroatoms. The Balaban J connectivity index is 1.47. The third kappa shape index (κ3) is 2.01. The Hall–Kier alpha value is -4.84. The first-order chi connectivity index (χ1) is 17.7. The fraction of sp³-hybridized carbons (Fsp3) is 0.0667. The topological polar surface area (TPSA) is 69.2 Å². The monoisotopic (exact) mass is 464 g/mol. The number of aromatic nitrogens is 3. The largest absolute Gasteiger partial charge is 0.268 e. The highest BCUT2D eigenvalue weighted by atomic mass is 16.1. The van der Waals surface area contributed by atoms with Crippen molar-refractivity contribution in [3.63, 3.8) is 0 Å². The third-order valence-electron chi connectivity index (χ3n) is 7.97. The van der Waals surface area contributed by atoms with E-state index in [1.54, 1.807) is 15.2 Å². The smallest absolute Gasteiger partial charge is 0.264 e. The summed E-state index contributed by atoms with van der Waals surface area (Å²) in [5, 5.41) is 4.49. The normalized spacial score (nSPS) is 20.2. The number of hydrogen-bond acceptors (Lipinski definition) is 4. The number of hydrogen-bond donors (Lipinski definition) is 0. The van der Waals surface area contributed by atoms with Crippen LogP contribution in [0.15, 0.2) is 105 Å². The van der Waals surface area contributed by atoms with E-state index < -0.39 is 0 Å². The minimum atomic E-state index is -0.159. The van der Waals surface area contributed by atoms with E-state index in [9.17, 15) is 9.59 Å². The van der Waals surface area contributed by atoms with Gasteiger partial charge in [0, 0.05) is 27.8 Å². The summed E-state index contributed by atoms with van der Waals surface area (Å²) >= 11 is 0. The van der Waals surface area contributed by atoms with Gasteiger partial charge in [-0.2, -0.15) is 0 Å². The van der Waals surface area contributed by atoms with Gasteiger partial charge in [0.05, 0.1) is 33.4 Å². The second-order valence-electron chi connectivity index (χ2n) is 9.76. The first kappa shape index (κ1) is 18.5. The molecule has 9 rings (SSSR count). The zero-order valence-electron chi connectivity index (χ0n) is 18.8. The molecule has 1 aromatic heterocycles. The van der Waals surface area contributed by atoms with Gasteiger partial charge in [-0.15, -0.1) is 0 Å². The van der Waals surface area contributed by atoms with Crippen molar-refractivity contribution in [1.82, 2.24) is 14.1 Å². The fourth-order valence-corrected chi connectivity index (χ4v) is 6.42.